The van der Waals surface area contributed by atoms with E-state index >= 15 is 0 Å². The van der Waals surface area contributed by atoms with Gasteiger partial charge in [0.05, 0.1) is 16.7 Å². The van der Waals surface area contributed by atoms with Gasteiger partial charge < -0.3 is 0 Å². The summed E-state index contributed by atoms with van der Waals surface area (Å²) in [6, 6.07) is 5.78. The highest BCUT2D eigenvalue weighted by atomic mass is 32.2. The maximum absolute atomic E-state index is 13.7. The molecule has 0 radical (unpaired) electrons. The zero-order valence-electron chi connectivity index (χ0n) is 11.2. The van der Waals surface area contributed by atoms with Crippen LogP contribution in [0, 0.1) is 28.7 Å². The zero-order valence-corrected chi connectivity index (χ0v) is 12.0. The summed E-state index contributed by atoms with van der Waals surface area (Å²) in [5.41, 5.74) is -0.711. The number of hydrogen-bond donors (Lipinski definition) is 1. The second kappa shape index (κ2) is 5.68. The minimum Gasteiger partial charge on any atom is -0.276 e. The molecule has 2 rings (SSSR count). The van der Waals surface area contributed by atoms with Gasteiger partial charge in [-0.15, -0.1) is 0 Å². The molecule has 9 heteroatoms. The summed E-state index contributed by atoms with van der Waals surface area (Å²) >= 11 is 0. The Morgan fingerprint density at radius 3 is 2.41 bits per heavy atom. The van der Waals surface area contributed by atoms with Gasteiger partial charge in [-0.2, -0.15) is 0 Å². The predicted molar refractivity (Wildman–Crippen MR) is 75.0 cm³/mol. The summed E-state index contributed by atoms with van der Waals surface area (Å²) in [4.78, 5) is 9.08. The van der Waals surface area contributed by atoms with Gasteiger partial charge in [0.15, 0.2) is 4.90 Å². The standard InChI is InChI=1S/C13H10F2N2O4S/c1-8-2-4-11(10(15)6-8)16-22(20,21)13-5-3-9(14)7-12(13)17(18)19/h2-7,16H,1H3. The van der Waals surface area contributed by atoms with Gasteiger partial charge in [-0.25, -0.2) is 17.2 Å². The molecule has 2 aromatic rings. The molecule has 0 aromatic heterocycles. The number of anilines is 1. The van der Waals surface area contributed by atoms with Crippen molar-refractivity contribution >= 4 is 21.4 Å². The van der Waals surface area contributed by atoms with E-state index in [1.54, 1.807) is 6.92 Å². The maximum atomic E-state index is 13.7. The molecule has 0 saturated carbocycles. The first kappa shape index (κ1) is 15.8. The molecule has 2 aromatic carbocycles. The van der Waals surface area contributed by atoms with E-state index in [1.807, 2.05) is 4.72 Å². The lowest BCUT2D eigenvalue weighted by Crippen LogP contribution is -2.15. The van der Waals surface area contributed by atoms with Crippen molar-refractivity contribution in [3.05, 3.63) is 63.7 Å². The molecule has 0 aliphatic heterocycles. The Labute approximate surface area is 124 Å². The Bertz CT molecular complexity index is 853. The van der Waals surface area contributed by atoms with E-state index in [2.05, 4.69) is 0 Å². The number of benzene rings is 2. The van der Waals surface area contributed by atoms with Crippen molar-refractivity contribution in [2.24, 2.45) is 0 Å². The molecule has 116 valence electrons. The monoisotopic (exact) mass is 328 g/mol. The summed E-state index contributed by atoms with van der Waals surface area (Å²) in [5, 5.41) is 10.9. The van der Waals surface area contributed by atoms with E-state index in [1.165, 1.54) is 12.1 Å². The van der Waals surface area contributed by atoms with E-state index in [-0.39, 0.29) is 5.69 Å². The van der Waals surface area contributed by atoms with Crippen LogP contribution >= 0.6 is 0 Å². The Balaban J connectivity index is 2.49. The highest BCUT2D eigenvalue weighted by Gasteiger charge is 2.27. The second-order valence-electron chi connectivity index (χ2n) is 4.46. The molecule has 22 heavy (non-hydrogen) atoms. The molecule has 0 atom stereocenters. The number of aryl methyl sites for hydroxylation is 1. The third-order valence-corrected chi connectivity index (χ3v) is 4.19. The molecule has 0 aliphatic carbocycles. The van der Waals surface area contributed by atoms with E-state index in [9.17, 15) is 27.3 Å². The van der Waals surface area contributed by atoms with Crippen LogP contribution in [0.3, 0.4) is 0 Å². The van der Waals surface area contributed by atoms with Crippen LogP contribution in [0.4, 0.5) is 20.2 Å². The maximum Gasteiger partial charge on any atom is 0.292 e. The van der Waals surface area contributed by atoms with E-state index < -0.39 is 37.2 Å². The molecule has 0 unspecified atom stereocenters. The van der Waals surface area contributed by atoms with Crippen LogP contribution in [-0.2, 0) is 10.0 Å². The van der Waals surface area contributed by atoms with Gasteiger partial charge in [0.2, 0.25) is 0 Å². The highest BCUT2D eigenvalue weighted by Crippen LogP contribution is 2.27. The minimum atomic E-state index is -4.44. The van der Waals surface area contributed by atoms with Crippen LogP contribution in [-0.4, -0.2) is 13.3 Å². The Morgan fingerprint density at radius 2 is 1.82 bits per heavy atom. The summed E-state index contributed by atoms with van der Waals surface area (Å²) in [6.45, 7) is 1.62. The summed E-state index contributed by atoms with van der Waals surface area (Å²) in [6.07, 6.45) is 0. The molecule has 0 aliphatic rings. The molecule has 1 N–H and O–H groups in total. The van der Waals surface area contributed by atoms with Crippen LogP contribution in [0.25, 0.3) is 0 Å². The Kier molecular flexibility index (Phi) is 4.09. The molecular formula is C13H10F2N2O4S. The molecule has 0 amide bonds. The van der Waals surface area contributed by atoms with Crippen molar-refractivity contribution in [1.29, 1.82) is 0 Å². The first-order chi connectivity index (χ1) is 10.2. The second-order valence-corrected chi connectivity index (χ2v) is 6.11. The van der Waals surface area contributed by atoms with E-state index in [0.717, 1.165) is 18.2 Å². The quantitative estimate of drug-likeness (QED) is 0.690. The fourth-order valence-electron chi connectivity index (χ4n) is 1.76. The average molecular weight is 328 g/mol. The molecule has 0 heterocycles. The summed E-state index contributed by atoms with van der Waals surface area (Å²) < 4.78 is 53.0. The van der Waals surface area contributed by atoms with E-state index in [0.29, 0.717) is 11.6 Å². The molecule has 6 nitrogen and oxygen atoms in total. The number of rotatable bonds is 4. The van der Waals surface area contributed by atoms with Crippen LogP contribution < -0.4 is 4.72 Å². The number of sulfonamides is 1. The number of nitrogens with one attached hydrogen (secondary N) is 1. The Hall–Kier alpha value is -2.55. The number of nitrogens with zero attached hydrogens (tertiary/aromatic N) is 1. The van der Waals surface area contributed by atoms with Crippen LogP contribution in [0.15, 0.2) is 41.3 Å². The topological polar surface area (TPSA) is 89.3 Å². The minimum absolute atomic E-state index is 0.357. The van der Waals surface area contributed by atoms with Crippen molar-refractivity contribution < 1.29 is 22.1 Å². The van der Waals surface area contributed by atoms with Gasteiger partial charge in [0.1, 0.15) is 11.6 Å². The summed E-state index contributed by atoms with van der Waals surface area (Å²) in [5.74, 6) is -1.78. The van der Waals surface area contributed by atoms with Gasteiger partial charge >= 0.3 is 0 Å². The largest absolute Gasteiger partial charge is 0.292 e. The predicted octanol–water partition coefficient (Wildman–Crippen LogP) is 2.98. The highest BCUT2D eigenvalue weighted by molar-refractivity contribution is 7.92. The third kappa shape index (κ3) is 3.19. The van der Waals surface area contributed by atoms with Crippen LogP contribution in [0.5, 0.6) is 0 Å². The van der Waals surface area contributed by atoms with Crippen molar-refractivity contribution in [2.45, 2.75) is 11.8 Å². The van der Waals surface area contributed by atoms with Crippen LogP contribution in [0.1, 0.15) is 5.56 Å². The SMILES string of the molecule is Cc1ccc(NS(=O)(=O)c2ccc(F)cc2[N+](=O)[O-])c(F)c1. The first-order valence-corrected chi connectivity index (χ1v) is 7.42. The lowest BCUT2D eigenvalue weighted by Gasteiger charge is -2.09. The smallest absolute Gasteiger partial charge is 0.276 e. The number of hydrogen-bond acceptors (Lipinski definition) is 4. The van der Waals surface area contributed by atoms with E-state index in [4.69, 9.17) is 0 Å². The van der Waals surface area contributed by atoms with Gasteiger partial charge in [-0.3, -0.25) is 14.8 Å². The van der Waals surface area contributed by atoms with Crippen molar-refractivity contribution in [3.8, 4) is 0 Å². The van der Waals surface area contributed by atoms with Crippen molar-refractivity contribution in [2.75, 3.05) is 4.72 Å². The fraction of sp³-hybridized carbons (Fsp3) is 0.0769. The van der Waals surface area contributed by atoms with Crippen molar-refractivity contribution in [3.63, 3.8) is 0 Å². The lowest BCUT2D eigenvalue weighted by atomic mass is 10.2. The number of nitro benzene ring substituents is 1. The summed E-state index contributed by atoms with van der Waals surface area (Å²) in [7, 11) is -4.44. The van der Waals surface area contributed by atoms with Crippen molar-refractivity contribution in [1.82, 2.24) is 0 Å². The van der Waals surface area contributed by atoms with Gasteiger partial charge in [0, 0.05) is 0 Å². The van der Waals surface area contributed by atoms with Gasteiger partial charge in [0.25, 0.3) is 15.7 Å². The number of halogens is 2. The lowest BCUT2D eigenvalue weighted by molar-refractivity contribution is -0.388. The fourth-order valence-corrected chi connectivity index (χ4v) is 2.98. The zero-order chi connectivity index (χ0) is 16.5. The molecular weight excluding hydrogens is 318 g/mol. The molecule has 0 saturated heterocycles. The first-order valence-electron chi connectivity index (χ1n) is 5.93. The van der Waals surface area contributed by atoms with Gasteiger partial charge in [-0.05, 0) is 36.8 Å². The molecule has 0 spiro atoms. The molecule has 0 fully saturated rings. The number of nitro groups is 1. The average Bonchev–Trinajstić information content (AvgIpc) is 2.41. The van der Waals surface area contributed by atoms with Crippen LogP contribution in [0.2, 0.25) is 0 Å². The normalized spacial score (nSPS) is 11.2. The molecule has 0 bridgehead atoms. The third-order valence-electron chi connectivity index (χ3n) is 2.78. The van der Waals surface area contributed by atoms with Gasteiger partial charge in [-0.1, -0.05) is 6.07 Å². The Morgan fingerprint density at radius 1 is 1.14 bits per heavy atom.